The number of tetrazole rings is 1. The number of aliphatic hydroxyl groups is 1. The van der Waals surface area contributed by atoms with Gasteiger partial charge in [-0.3, -0.25) is 9.88 Å². The van der Waals surface area contributed by atoms with Crippen molar-refractivity contribution in [2.75, 3.05) is 11.4 Å². The summed E-state index contributed by atoms with van der Waals surface area (Å²) < 4.78 is 20.1. The third-order valence-corrected chi connectivity index (χ3v) is 5.55. The van der Waals surface area contributed by atoms with Crippen molar-refractivity contribution < 1.29 is 19.0 Å². The summed E-state index contributed by atoms with van der Waals surface area (Å²) >= 11 is 0. The largest absolute Gasteiger partial charge is 0.441 e. The number of benzene rings is 1. The highest BCUT2D eigenvalue weighted by atomic mass is 19.1. The van der Waals surface area contributed by atoms with E-state index < -0.39 is 24.1 Å². The Kier molecular flexibility index (Phi) is 4.85. The zero-order valence-corrected chi connectivity index (χ0v) is 16.8. The number of carbonyl (C=O) groups is 1. The molecule has 0 radical (unpaired) electrons. The van der Waals surface area contributed by atoms with Crippen LogP contribution in [0, 0.1) is 5.82 Å². The standard InChI is InChI=1S/C21H21FN6O3/c1-2-18(29)19-11-27(21(30)31-19)14-6-7-15(16(22)9-14)12-3-8-17(23-10-12)20-24-26-28(25-20)13-4-5-13/h3,6-10,13,18-19,29H,2,4-5,11H2,1H3. The Bertz CT molecular complexity index is 1110. The highest BCUT2D eigenvalue weighted by Gasteiger charge is 2.36. The molecular weight excluding hydrogens is 403 g/mol. The minimum Gasteiger partial charge on any atom is -0.441 e. The van der Waals surface area contributed by atoms with Crippen LogP contribution in [0.5, 0.6) is 0 Å². The first-order valence-corrected chi connectivity index (χ1v) is 10.3. The van der Waals surface area contributed by atoms with Crippen molar-refractivity contribution in [2.24, 2.45) is 0 Å². The van der Waals surface area contributed by atoms with Crippen molar-refractivity contribution in [2.45, 2.75) is 44.4 Å². The lowest BCUT2D eigenvalue weighted by Gasteiger charge is -2.16. The number of carbonyl (C=O) groups excluding carboxylic acids is 1. The number of hydrogen-bond acceptors (Lipinski definition) is 7. The average Bonchev–Trinajstić information content (AvgIpc) is 3.38. The summed E-state index contributed by atoms with van der Waals surface area (Å²) in [6.07, 6.45) is 2.19. The zero-order valence-electron chi connectivity index (χ0n) is 16.8. The predicted molar refractivity (Wildman–Crippen MR) is 109 cm³/mol. The molecule has 5 rings (SSSR count). The van der Waals surface area contributed by atoms with Crippen molar-refractivity contribution in [3.05, 3.63) is 42.3 Å². The Morgan fingerprint density at radius 3 is 2.81 bits per heavy atom. The first kappa shape index (κ1) is 19.6. The minimum absolute atomic E-state index is 0.178. The van der Waals surface area contributed by atoms with E-state index in [-0.39, 0.29) is 6.54 Å². The molecule has 1 amide bonds. The number of pyridine rings is 1. The van der Waals surface area contributed by atoms with Crippen LogP contribution in [0.15, 0.2) is 36.5 Å². The van der Waals surface area contributed by atoms with Gasteiger partial charge in [0.15, 0.2) is 0 Å². The quantitative estimate of drug-likeness (QED) is 0.648. The van der Waals surface area contributed by atoms with Crippen molar-refractivity contribution in [1.82, 2.24) is 25.2 Å². The van der Waals surface area contributed by atoms with E-state index in [1.54, 1.807) is 42.2 Å². The average molecular weight is 424 g/mol. The molecule has 2 fully saturated rings. The molecule has 0 spiro atoms. The summed E-state index contributed by atoms with van der Waals surface area (Å²) in [7, 11) is 0. The number of nitrogens with zero attached hydrogens (tertiary/aromatic N) is 6. The number of aromatic nitrogens is 5. The maximum absolute atomic E-state index is 14.9. The predicted octanol–water partition coefficient (Wildman–Crippen LogP) is 2.97. The van der Waals surface area contributed by atoms with Gasteiger partial charge in [-0.25, -0.2) is 9.18 Å². The molecule has 1 aliphatic heterocycles. The number of anilines is 1. The molecule has 3 heterocycles. The van der Waals surface area contributed by atoms with Gasteiger partial charge in [-0.1, -0.05) is 13.0 Å². The number of rotatable bonds is 6. The molecule has 10 heteroatoms. The highest BCUT2D eigenvalue weighted by Crippen LogP contribution is 2.33. The van der Waals surface area contributed by atoms with Crippen LogP contribution in [-0.2, 0) is 4.74 Å². The summed E-state index contributed by atoms with van der Waals surface area (Å²) in [5, 5.41) is 22.3. The van der Waals surface area contributed by atoms with Gasteiger partial charge in [-0.15, -0.1) is 10.2 Å². The summed E-state index contributed by atoms with van der Waals surface area (Å²) in [5.41, 5.74) is 1.89. The van der Waals surface area contributed by atoms with Crippen molar-refractivity contribution in [3.8, 4) is 22.6 Å². The van der Waals surface area contributed by atoms with Crippen molar-refractivity contribution in [3.63, 3.8) is 0 Å². The van der Waals surface area contributed by atoms with Crippen molar-refractivity contribution >= 4 is 11.8 Å². The second kappa shape index (κ2) is 7.69. The van der Waals surface area contributed by atoms with Crippen LogP contribution >= 0.6 is 0 Å². The van der Waals surface area contributed by atoms with Gasteiger partial charge in [-0.05, 0) is 48.7 Å². The van der Waals surface area contributed by atoms with Crippen LogP contribution in [0.25, 0.3) is 22.6 Å². The molecule has 1 aromatic carbocycles. The Morgan fingerprint density at radius 2 is 2.13 bits per heavy atom. The molecule has 2 aromatic heterocycles. The van der Waals surface area contributed by atoms with E-state index in [0.29, 0.717) is 40.8 Å². The van der Waals surface area contributed by atoms with Gasteiger partial charge in [0.2, 0.25) is 5.82 Å². The third-order valence-electron chi connectivity index (χ3n) is 5.55. The fourth-order valence-corrected chi connectivity index (χ4v) is 3.54. The van der Waals surface area contributed by atoms with Crippen LogP contribution in [-0.4, -0.2) is 55.1 Å². The molecule has 9 nitrogen and oxygen atoms in total. The van der Waals surface area contributed by atoms with E-state index in [0.717, 1.165) is 12.8 Å². The maximum Gasteiger partial charge on any atom is 0.414 e. The maximum atomic E-state index is 14.9. The number of amides is 1. The minimum atomic E-state index is -0.747. The lowest BCUT2D eigenvalue weighted by Crippen LogP contribution is -2.30. The zero-order chi connectivity index (χ0) is 21.5. The van der Waals surface area contributed by atoms with Gasteiger partial charge in [0.25, 0.3) is 0 Å². The fraction of sp³-hybridized carbons (Fsp3) is 0.381. The lowest BCUT2D eigenvalue weighted by atomic mass is 10.1. The van der Waals surface area contributed by atoms with Crippen LogP contribution < -0.4 is 4.90 Å². The molecule has 160 valence electrons. The molecular formula is C21H21FN6O3. The SMILES string of the molecule is CCC(O)C1CN(c2ccc(-c3ccc(-c4nnn(C5CC5)n4)nc3)c(F)c2)C(=O)O1. The monoisotopic (exact) mass is 424 g/mol. The Balaban J connectivity index is 1.34. The normalized spacial score (nSPS) is 19.5. The second-order valence-electron chi connectivity index (χ2n) is 7.77. The second-order valence-corrected chi connectivity index (χ2v) is 7.77. The number of halogens is 1. The van der Waals surface area contributed by atoms with E-state index in [1.807, 2.05) is 0 Å². The van der Waals surface area contributed by atoms with Gasteiger partial charge in [0, 0.05) is 17.3 Å². The molecule has 1 saturated carbocycles. The summed E-state index contributed by atoms with van der Waals surface area (Å²) in [6.45, 7) is 1.98. The first-order valence-electron chi connectivity index (χ1n) is 10.3. The molecule has 3 aromatic rings. The third kappa shape index (κ3) is 3.74. The van der Waals surface area contributed by atoms with Gasteiger partial charge in [0.05, 0.1) is 24.4 Å². The summed E-state index contributed by atoms with van der Waals surface area (Å²) in [6, 6.07) is 8.34. The molecule has 2 unspecified atom stereocenters. The number of hydrogen-bond donors (Lipinski definition) is 1. The Labute approximate surface area is 177 Å². The fourth-order valence-electron chi connectivity index (χ4n) is 3.54. The van der Waals surface area contributed by atoms with E-state index >= 15 is 0 Å². The lowest BCUT2D eigenvalue weighted by molar-refractivity contribution is 0.0308. The Morgan fingerprint density at radius 1 is 1.29 bits per heavy atom. The van der Waals surface area contributed by atoms with Gasteiger partial charge in [-0.2, -0.15) is 4.80 Å². The Hall–Kier alpha value is -3.40. The summed E-state index contributed by atoms with van der Waals surface area (Å²) in [5.74, 6) is -0.0530. The van der Waals surface area contributed by atoms with Crippen LogP contribution in [0.4, 0.5) is 14.9 Å². The van der Waals surface area contributed by atoms with E-state index in [4.69, 9.17) is 4.74 Å². The molecule has 31 heavy (non-hydrogen) atoms. The molecule has 1 N–H and O–H groups in total. The van der Waals surface area contributed by atoms with Crippen molar-refractivity contribution in [1.29, 1.82) is 0 Å². The van der Waals surface area contributed by atoms with E-state index in [1.165, 1.54) is 11.0 Å². The highest BCUT2D eigenvalue weighted by molar-refractivity contribution is 5.90. The molecule has 0 bridgehead atoms. The van der Waals surface area contributed by atoms with E-state index in [2.05, 4.69) is 20.4 Å². The smallest absolute Gasteiger partial charge is 0.414 e. The number of cyclic esters (lactones) is 1. The number of aliphatic hydroxyl groups excluding tert-OH is 1. The molecule has 1 saturated heterocycles. The van der Waals surface area contributed by atoms with Crippen LogP contribution in [0.3, 0.4) is 0 Å². The topological polar surface area (TPSA) is 106 Å². The molecule has 2 aliphatic rings. The number of ether oxygens (including phenoxy) is 1. The van der Waals surface area contributed by atoms with Gasteiger partial charge in [0.1, 0.15) is 17.6 Å². The van der Waals surface area contributed by atoms with Gasteiger partial charge >= 0.3 is 6.09 Å². The van der Waals surface area contributed by atoms with Gasteiger partial charge < -0.3 is 9.84 Å². The van der Waals surface area contributed by atoms with Crippen LogP contribution in [0.2, 0.25) is 0 Å². The molecule has 1 aliphatic carbocycles. The van der Waals surface area contributed by atoms with E-state index in [9.17, 15) is 14.3 Å². The summed E-state index contributed by atoms with van der Waals surface area (Å²) in [4.78, 5) is 19.4. The van der Waals surface area contributed by atoms with Crippen LogP contribution in [0.1, 0.15) is 32.2 Å². The first-order chi connectivity index (χ1) is 15.0. The molecule has 2 atom stereocenters.